The van der Waals surface area contributed by atoms with Gasteiger partial charge in [-0.3, -0.25) is 4.68 Å². The second-order valence-corrected chi connectivity index (χ2v) is 4.94. The number of halogens is 1. The SMILES string of the molecule is CCOC(=O)C(Br)=C(C)Oc1cccc2c1cnn2C. The quantitative estimate of drug-likeness (QED) is 0.488. The van der Waals surface area contributed by atoms with Gasteiger partial charge in [-0.2, -0.15) is 5.10 Å². The van der Waals surface area contributed by atoms with E-state index < -0.39 is 5.97 Å². The highest BCUT2D eigenvalue weighted by molar-refractivity contribution is 9.12. The second kappa shape index (κ2) is 6.09. The first-order valence-electron chi connectivity index (χ1n) is 6.16. The molecule has 0 spiro atoms. The molecule has 0 atom stereocenters. The van der Waals surface area contributed by atoms with Crippen molar-refractivity contribution in [2.24, 2.45) is 7.05 Å². The molecule has 0 saturated heterocycles. The Hall–Kier alpha value is -1.82. The number of benzene rings is 1. The van der Waals surface area contributed by atoms with Crippen LogP contribution in [-0.2, 0) is 16.6 Å². The maximum absolute atomic E-state index is 11.6. The molecule has 0 aliphatic carbocycles. The van der Waals surface area contributed by atoms with Gasteiger partial charge in [0.2, 0.25) is 0 Å². The number of rotatable bonds is 4. The highest BCUT2D eigenvalue weighted by atomic mass is 79.9. The van der Waals surface area contributed by atoms with Crippen LogP contribution in [0, 0.1) is 0 Å². The van der Waals surface area contributed by atoms with Gasteiger partial charge < -0.3 is 9.47 Å². The number of carbonyl (C=O) groups excluding carboxylic acids is 1. The molecule has 0 unspecified atom stereocenters. The summed E-state index contributed by atoms with van der Waals surface area (Å²) in [7, 11) is 1.86. The Morgan fingerprint density at radius 2 is 2.20 bits per heavy atom. The molecular weight excluding hydrogens is 324 g/mol. The number of aryl methyl sites for hydroxylation is 1. The van der Waals surface area contributed by atoms with Gasteiger partial charge in [0, 0.05) is 7.05 Å². The van der Waals surface area contributed by atoms with Crippen LogP contribution in [0.1, 0.15) is 13.8 Å². The van der Waals surface area contributed by atoms with Gasteiger partial charge in [0.05, 0.1) is 23.7 Å². The lowest BCUT2D eigenvalue weighted by Gasteiger charge is -2.09. The lowest BCUT2D eigenvalue weighted by molar-refractivity contribution is -0.137. The van der Waals surface area contributed by atoms with Crippen LogP contribution in [0.4, 0.5) is 0 Å². The first-order valence-corrected chi connectivity index (χ1v) is 6.96. The van der Waals surface area contributed by atoms with E-state index in [0.29, 0.717) is 18.1 Å². The molecule has 0 radical (unpaired) electrons. The lowest BCUT2D eigenvalue weighted by atomic mass is 10.2. The highest BCUT2D eigenvalue weighted by Crippen LogP contribution is 2.28. The topological polar surface area (TPSA) is 53.4 Å². The molecule has 1 aromatic carbocycles. The molecule has 0 bridgehead atoms. The minimum absolute atomic E-state index is 0.278. The van der Waals surface area contributed by atoms with Gasteiger partial charge in [0.1, 0.15) is 16.0 Å². The summed E-state index contributed by atoms with van der Waals surface area (Å²) in [5, 5.41) is 5.08. The van der Waals surface area contributed by atoms with E-state index in [2.05, 4.69) is 21.0 Å². The summed E-state index contributed by atoms with van der Waals surface area (Å²) in [5.41, 5.74) is 0.961. The Morgan fingerprint density at radius 1 is 1.45 bits per heavy atom. The molecular formula is C14H15BrN2O3. The molecule has 20 heavy (non-hydrogen) atoms. The third kappa shape index (κ3) is 2.85. The highest BCUT2D eigenvalue weighted by Gasteiger charge is 2.14. The first-order chi connectivity index (χ1) is 9.54. The molecule has 1 aromatic heterocycles. The number of hydrogen-bond donors (Lipinski definition) is 0. The molecule has 106 valence electrons. The average Bonchev–Trinajstić information content (AvgIpc) is 2.81. The molecule has 6 heteroatoms. The average molecular weight is 339 g/mol. The minimum atomic E-state index is -0.441. The van der Waals surface area contributed by atoms with Gasteiger partial charge in [0.25, 0.3) is 0 Å². The van der Waals surface area contributed by atoms with Crippen LogP contribution >= 0.6 is 15.9 Å². The van der Waals surface area contributed by atoms with Crippen molar-refractivity contribution in [2.45, 2.75) is 13.8 Å². The van der Waals surface area contributed by atoms with Crippen molar-refractivity contribution in [2.75, 3.05) is 6.61 Å². The van der Waals surface area contributed by atoms with E-state index in [0.717, 1.165) is 10.9 Å². The number of ether oxygens (including phenoxy) is 2. The smallest absolute Gasteiger partial charge is 0.348 e. The molecule has 0 aliphatic rings. The second-order valence-electron chi connectivity index (χ2n) is 4.15. The van der Waals surface area contributed by atoms with Gasteiger partial charge in [-0.15, -0.1) is 0 Å². The number of allylic oxidation sites excluding steroid dienone is 1. The van der Waals surface area contributed by atoms with E-state index in [-0.39, 0.29) is 4.48 Å². The molecule has 5 nitrogen and oxygen atoms in total. The molecule has 2 aromatic rings. The van der Waals surface area contributed by atoms with Gasteiger partial charge >= 0.3 is 5.97 Å². The number of esters is 1. The third-order valence-electron chi connectivity index (χ3n) is 2.78. The van der Waals surface area contributed by atoms with Crippen LogP contribution in [0.15, 0.2) is 34.6 Å². The Labute approximate surface area is 125 Å². The zero-order chi connectivity index (χ0) is 14.7. The normalized spacial score (nSPS) is 12.2. The summed E-state index contributed by atoms with van der Waals surface area (Å²) in [5.74, 6) is 0.650. The Kier molecular flexibility index (Phi) is 4.44. The molecule has 0 saturated carbocycles. The number of aromatic nitrogens is 2. The van der Waals surface area contributed by atoms with E-state index in [1.807, 2.05) is 25.2 Å². The summed E-state index contributed by atoms with van der Waals surface area (Å²) in [6, 6.07) is 5.67. The monoisotopic (exact) mass is 338 g/mol. The number of hydrogen-bond acceptors (Lipinski definition) is 4. The predicted octanol–water partition coefficient (Wildman–Crippen LogP) is 3.14. The van der Waals surface area contributed by atoms with Crippen LogP contribution in [0.3, 0.4) is 0 Å². The maximum atomic E-state index is 11.6. The lowest BCUT2D eigenvalue weighted by Crippen LogP contribution is -2.07. The summed E-state index contributed by atoms with van der Waals surface area (Å²) in [4.78, 5) is 11.6. The molecule has 0 fully saturated rings. The standard InChI is InChI=1S/C14H15BrN2O3/c1-4-19-14(18)13(15)9(2)20-12-7-5-6-11-10(12)8-16-17(11)3/h5-8H,4H2,1-3H3. The van der Waals surface area contributed by atoms with Crippen LogP contribution in [0.5, 0.6) is 5.75 Å². The predicted molar refractivity (Wildman–Crippen MR) is 79.6 cm³/mol. The summed E-state index contributed by atoms with van der Waals surface area (Å²) < 4.78 is 12.7. The van der Waals surface area contributed by atoms with Crippen molar-refractivity contribution < 1.29 is 14.3 Å². The minimum Gasteiger partial charge on any atom is -0.462 e. The fraction of sp³-hybridized carbons (Fsp3) is 0.286. The Balaban J connectivity index is 2.32. The number of carbonyl (C=O) groups is 1. The van der Waals surface area contributed by atoms with E-state index in [4.69, 9.17) is 9.47 Å². The largest absolute Gasteiger partial charge is 0.462 e. The van der Waals surface area contributed by atoms with E-state index in [1.54, 1.807) is 24.7 Å². The zero-order valence-corrected chi connectivity index (χ0v) is 13.1. The molecule has 1 heterocycles. The Bertz CT molecular complexity index is 676. The van der Waals surface area contributed by atoms with E-state index in [9.17, 15) is 4.79 Å². The number of nitrogens with zero attached hydrogens (tertiary/aromatic N) is 2. The summed E-state index contributed by atoms with van der Waals surface area (Å²) in [6.45, 7) is 3.78. The molecule has 0 amide bonds. The first kappa shape index (κ1) is 14.6. The zero-order valence-electron chi connectivity index (χ0n) is 11.5. The van der Waals surface area contributed by atoms with Gasteiger partial charge in [0.15, 0.2) is 0 Å². The van der Waals surface area contributed by atoms with Crippen molar-refractivity contribution in [3.63, 3.8) is 0 Å². The van der Waals surface area contributed by atoms with Crippen LogP contribution in [-0.4, -0.2) is 22.4 Å². The molecule has 2 rings (SSSR count). The summed E-state index contributed by atoms with van der Waals surface area (Å²) in [6.07, 6.45) is 1.73. The van der Waals surface area contributed by atoms with E-state index >= 15 is 0 Å². The van der Waals surface area contributed by atoms with Gasteiger partial charge in [-0.1, -0.05) is 6.07 Å². The maximum Gasteiger partial charge on any atom is 0.348 e. The van der Waals surface area contributed by atoms with E-state index in [1.165, 1.54) is 0 Å². The third-order valence-corrected chi connectivity index (χ3v) is 3.66. The van der Waals surface area contributed by atoms with Crippen molar-refractivity contribution in [3.05, 3.63) is 34.6 Å². The molecule has 0 aliphatic heterocycles. The Morgan fingerprint density at radius 3 is 2.90 bits per heavy atom. The van der Waals surface area contributed by atoms with Crippen LogP contribution in [0.2, 0.25) is 0 Å². The molecule has 0 N–H and O–H groups in total. The van der Waals surface area contributed by atoms with Crippen molar-refractivity contribution in [3.8, 4) is 5.75 Å². The van der Waals surface area contributed by atoms with Crippen LogP contribution < -0.4 is 4.74 Å². The fourth-order valence-corrected chi connectivity index (χ4v) is 1.98. The fourth-order valence-electron chi connectivity index (χ4n) is 1.79. The van der Waals surface area contributed by atoms with Crippen LogP contribution in [0.25, 0.3) is 10.9 Å². The van der Waals surface area contributed by atoms with Gasteiger partial charge in [-0.05, 0) is 41.9 Å². The summed E-state index contributed by atoms with van der Waals surface area (Å²) >= 11 is 3.20. The number of fused-ring (bicyclic) bond motifs is 1. The van der Waals surface area contributed by atoms with Crippen molar-refractivity contribution in [1.29, 1.82) is 0 Å². The van der Waals surface area contributed by atoms with Crippen molar-refractivity contribution in [1.82, 2.24) is 9.78 Å². The van der Waals surface area contributed by atoms with Gasteiger partial charge in [-0.25, -0.2) is 4.79 Å². The van der Waals surface area contributed by atoms with Crippen molar-refractivity contribution >= 4 is 32.8 Å².